The number of carbonyl (C=O) groups excluding carboxylic acids is 1. The van der Waals surface area contributed by atoms with Gasteiger partial charge in [-0.1, -0.05) is 22.6 Å². The van der Waals surface area contributed by atoms with E-state index in [1.165, 1.54) is 11.3 Å². The summed E-state index contributed by atoms with van der Waals surface area (Å²) in [6.45, 7) is 3.27. The SMILES string of the molecule is Cc1oncc1-c1ccc2nc(N(C#N)C(=O)[C@H]3CCNC3)sc2c1. The molecule has 1 aliphatic heterocycles. The Kier molecular flexibility index (Phi) is 3.95. The van der Waals surface area contributed by atoms with Gasteiger partial charge in [-0.2, -0.15) is 10.2 Å². The molecule has 4 rings (SSSR count). The minimum Gasteiger partial charge on any atom is -0.361 e. The van der Waals surface area contributed by atoms with E-state index < -0.39 is 0 Å². The van der Waals surface area contributed by atoms with Gasteiger partial charge in [-0.25, -0.2) is 4.98 Å². The molecular weight excluding hydrogens is 338 g/mol. The van der Waals surface area contributed by atoms with Crippen molar-refractivity contribution in [2.24, 2.45) is 5.92 Å². The van der Waals surface area contributed by atoms with Crippen molar-refractivity contribution in [3.8, 4) is 17.3 Å². The first-order valence-electron chi connectivity index (χ1n) is 7.94. The van der Waals surface area contributed by atoms with E-state index in [1.54, 1.807) is 6.20 Å². The molecule has 1 aromatic carbocycles. The Morgan fingerprint density at radius 2 is 2.40 bits per heavy atom. The molecule has 1 atom stereocenters. The van der Waals surface area contributed by atoms with E-state index in [1.807, 2.05) is 31.3 Å². The summed E-state index contributed by atoms with van der Waals surface area (Å²) in [7, 11) is 0. The standard InChI is InChI=1S/C17H15N5O2S/c1-10-13(8-20-24-10)11-2-3-14-15(6-11)25-17(21-14)22(9-18)16(23)12-4-5-19-7-12/h2-3,6,8,12,19H,4-5,7H2,1H3/t12-/m0/s1. The number of anilines is 1. The summed E-state index contributed by atoms with van der Waals surface area (Å²) < 4.78 is 6.02. The van der Waals surface area contributed by atoms with Crippen LogP contribution in [0.25, 0.3) is 21.3 Å². The molecule has 1 saturated heterocycles. The monoisotopic (exact) mass is 353 g/mol. The van der Waals surface area contributed by atoms with Crippen molar-refractivity contribution in [1.82, 2.24) is 15.5 Å². The Labute approximate surface area is 147 Å². The highest BCUT2D eigenvalue weighted by Gasteiger charge is 2.30. The summed E-state index contributed by atoms with van der Waals surface area (Å²) in [5, 5.41) is 16.8. The number of thiazole rings is 1. The van der Waals surface area contributed by atoms with Gasteiger partial charge in [-0.15, -0.1) is 0 Å². The lowest BCUT2D eigenvalue weighted by molar-refractivity contribution is -0.121. The molecule has 0 bridgehead atoms. The summed E-state index contributed by atoms with van der Waals surface area (Å²) in [4.78, 5) is 18.1. The molecule has 2 aromatic heterocycles. The normalized spacial score (nSPS) is 16.9. The second-order valence-corrected chi connectivity index (χ2v) is 6.95. The number of aromatic nitrogens is 2. The van der Waals surface area contributed by atoms with E-state index in [9.17, 15) is 10.1 Å². The van der Waals surface area contributed by atoms with E-state index in [0.29, 0.717) is 11.7 Å². The van der Waals surface area contributed by atoms with Gasteiger partial charge in [-0.3, -0.25) is 4.79 Å². The average molecular weight is 353 g/mol. The fourth-order valence-electron chi connectivity index (χ4n) is 2.99. The molecule has 1 N–H and O–H groups in total. The number of rotatable bonds is 3. The average Bonchev–Trinajstić information content (AvgIpc) is 3.35. The zero-order valence-corrected chi connectivity index (χ0v) is 14.3. The van der Waals surface area contributed by atoms with Crippen LogP contribution in [0.2, 0.25) is 0 Å². The quantitative estimate of drug-likeness (QED) is 0.574. The highest BCUT2D eigenvalue weighted by atomic mass is 32.1. The summed E-state index contributed by atoms with van der Waals surface area (Å²) in [6, 6.07) is 5.80. The number of benzene rings is 1. The van der Waals surface area contributed by atoms with Crippen molar-refractivity contribution >= 4 is 32.6 Å². The molecule has 3 aromatic rings. The molecular formula is C17H15N5O2S. The van der Waals surface area contributed by atoms with Crippen LogP contribution in [0.15, 0.2) is 28.9 Å². The van der Waals surface area contributed by atoms with Crippen LogP contribution in [0.1, 0.15) is 12.2 Å². The largest absolute Gasteiger partial charge is 0.361 e. The van der Waals surface area contributed by atoms with Crippen molar-refractivity contribution in [2.45, 2.75) is 13.3 Å². The number of nitrogens with one attached hydrogen (secondary N) is 1. The Morgan fingerprint density at radius 1 is 1.52 bits per heavy atom. The topological polar surface area (TPSA) is 95.1 Å². The van der Waals surface area contributed by atoms with Crippen molar-refractivity contribution in [1.29, 1.82) is 5.26 Å². The van der Waals surface area contributed by atoms with Crippen LogP contribution in [-0.2, 0) is 4.79 Å². The van der Waals surface area contributed by atoms with Gasteiger partial charge in [0.25, 0.3) is 0 Å². The fourth-order valence-corrected chi connectivity index (χ4v) is 3.95. The lowest BCUT2D eigenvalue weighted by Gasteiger charge is -2.14. The van der Waals surface area contributed by atoms with Gasteiger partial charge in [0.15, 0.2) is 6.19 Å². The highest BCUT2D eigenvalue weighted by molar-refractivity contribution is 7.22. The molecule has 8 heteroatoms. The first-order valence-corrected chi connectivity index (χ1v) is 8.75. The molecule has 25 heavy (non-hydrogen) atoms. The lowest BCUT2D eigenvalue weighted by Crippen LogP contribution is -2.33. The predicted octanol–water partition coefficient (Wildman–Crippen LogP) is 2.68. The van der Waals surface area contributed by atoms with Crippen LogP contribution in [0.4, 0.5) is 5.13 Å². The third-order valence-corrected chi connectivity index (χ3v) is 5.36. The molecule has 7 nitrogen and oxygen atoms in total. The number of fused-ring (bicyclic) bond motifs is 1. The van der Waals surface area contributed by atoms with Crippen LogP contribution in [0, 0.1) is 24.3 Å². The summed E-state index contributed by atoms with van der Waals surface area (Å²) in [6.07, 6.45) is 4.41. The van der Waals surface area contributed by atoms with Crippen LogP contribution in [0.3, 0.4) is 0 Å². The van der Waals surface area contributed by atoms with Gasteiger partial charge >= 0.3 is 0 Å². The maximum Gasteiger partial charge on any atom is 0.246 e. The van der Waals surface area contributed by atoms with Crippen LogP contribution < -0.4 is 10.2 Å². The zero-order valence-electron chi connectivity index (χ0n) is 13.5. The maximum absolute atomic E-state index is 12.6. The predicted molar refractivity (Wildman–Crippen MR) is 93.9 cm³/mol. The van der Waals surface area contributed by atoms with E-state index in [4.69, 9.17) is 4.52 Å². The number of nitrogens with zero attached hydrogens (tertiary/aromatic N) is 4. The Balaban J connectivity index is 1.69. The summed E-state index contributed by atoms with van der Waals surface area (Å²) in [5.41, 5.74) is 2.65. The molecule has 0 unspecified atom stereocenters. The first kappa shape index (κ1) is 15.7. The van der Waals surface area contributed by atoms with E-state index in [0.717, 1.165) is 45.0 Å². The Morgan fingerprint density at radius 3 is 3.08 bits per heavy atom. The van der Waals surface area contributed by atoms with Crippen LogP contribution in [-0.4, -0.2) is 29.1 Å². The number of amides is 1. The minimum atomic E-state index is -0.193. The van der Waals surface area contributed by atoms with Crippen molar-refractivity contribution in [3.63, 3.8) is 0 Å². The minimum absolute atomic E-state index is 0.165. The van der Waals surface area contributed by atoms with Crippen molar-refractivity contribution in [2.75, 3.05) is 18.0 Å². The Hall–Kier alpha value is -2.76. The molecule has 1 fully saturated rings. The second kappa shape index (κ2) is 6.27. The van der Waals surface area contributed by atoms with E-state index >= 15 is 0 Å². The van der Waals surface area contributed by atoms with Gasteiger partial charge < -0.3 is 9.84 Å². The maximum atomic E-state index is 12.6. The van der Waals surface area contributed by atoms with Gasteiger partial charge in [0, 0.05) is 12.1 Å². The summed E-state index contributed by atoms with van der Waals surface area (Å²) in [5.74, 6) is 0.384. The smallest absolute Gasteiger partial charge is 0.246 e. The van der Waals surface area contributed by atoms with Crippen LogP contribution >= 0.6 is 11.3 Å². The second-order valence-electron chi connectivity index (χ2n) is 5.94. The van der Waals surface area contributed by atoms with Gasteiger partial charge in [0.1, 0.15) is 5.76 Å². The van der Waals surface area contributed by atoms with Gasteiger partial charge in [0.05, 0.1) is 22.3 Å². The molecule has 1 aliphatic rings. The number of aryl methyl sites for hydroxylation is 1. The van der Waals surface area contributed by atoms with Gasteiger partial charge in [-0.05, 0) is 37.6 Å². The third kappa shape index (κ3) is 2.77. The number of hydrogen-bond acceptors (Lipinski definition) is 7. The van der Waals surface area contributed by atoms with E-state index in [2.05, 4.69) is 15.5 Å². The molecule has 126 valence electrons. The molecule has 0 radical (unpaired) electrons. The fraction of sp³-hybridized carbons (Fsp3) is 0.294. The lowest BCUT2D eigenvalue weighted by atomic mass is 10.1. The number of carbonyl (C=O) groups is 1. The van der Waals surface area contributed by atoms with E-state index in [-0.39, 0.29) is 11.8 Å². The zero-order chi connectivity index (χ0) is 17.4. The molecule has 1 amide bonds. The number of nitriles is 1. The third-order valence-electron chi connectivity index (χ3n) is 4.36. The van der Waals surface area contributed by atoms with Gasteiger partial charge in [0.2, 0.25) is 11.0 Å². The molecule has 3 heterocycles. The highest BCUT2D eigenvalue weighted by Crippen LogP contribution is 2.33. The number of hydrogen-bond donors (Lipinski definition) is 1. The van der Waals surface area contributed by atoms with Crippen LogP contribution in [0.5, 0.6) is 0 Å². The van der Waals surface area contributed by atoms with Crippen molar-refractivity contribution in [3.05, 3.63) is 30.2 Å². The van der Waals surface area contributed by atoms with Crippen molar-refractivity contribution < 1.29 is 9.32 Å². The first-order chi connectivity index (χ1) is 12.2. The summed E-state index contributed by atoms with van der Waals surface area (Å²) >= 11 is 1.33. The Bertz CT molecular complexity index is 980. The molecule has 0 aliphatic carbocycles. The molecule has 0 saturated carbocycles. The molecule has 0 spiro atoms.